The van der Waals surface area contributed by atoms with Crippen molar-refractivity contribution in [3.63, 3.8) is 0 Å². The number of ether oxygens (including phenoxy) is 1. The van der Waals surface area contributed by atoms with Crippen molar-refractivity contribution in [3.05, 3.63) is 41.7 Å². The lowest BCUT2D eigenvalue weighted by Crippen LogP contribution is -2.28. The monoisotopic (exact) mass is 286 g/mol. The van der Waals surface area contributed by atoms with Crippen LogP contribution in [0.25, 0.3) is 0 Å². The molecule has 1 aromatic heterocycles. The fourth-order valence-electron chi connectivity index (χ4n) is 2.37. The van der Waals surface area contributed by atoms with Gasteiger partial charge in [-0.1, -0.05) is 6.07 Å². The molecule has 2 N–H and O–H groups in total. The average molecular weight is 286 g/mol. The minimum absolute atomic E-state index is 0.112. The third-order valence-corrected chi connectivity index (χ3v) is 3.38. The summed E-state index contributed by atoms with van der Waals surface area (Å²) < 4.78 is 7.36. The fourth-order valence-corrected chi connectivity index (χ4v) is 2.37. The number of nitrogens with zero attached hydrogens (tertiary/aromatic N) is 2. The molecule has 110 valence electrons. The van der Waals surface area contributed by atoms with E-state index >= 15 is 0 Å². The number of hydrogen-bond donors (Lipinski definition) is 2. The Morgan fingerprint density at radius 2 is 2.43 bits per heavy atom. The molecule has 21 heavy (non-hydrogen) atoms. The highest BCUT2D eigenvalue weighted by Gasteiger charge is 2.18. The zero-order valence-electron chi connectivity index (χ0n) is 11.9. The highest BCUT2D eigenvalue weighted by atomic mass is 16.5. The first-order valence-corrected chi connectivity index (χ1v) is 6.99. The van der Waals surface area contributed by atoms with Gasteiger partial charge in [0.05, 0.1) is 17.4 Å². The van der Waals surface area contributed by atoms with E-state index in [4.69, 9.17) is 4.74 Å². The van der Waals surface area contributed by atoms with Crippen molar-refractivity contribution in [2.24, 2.45) is 7.05 Å². The molecule has 0 saturated heterocycles. The number of amides is 1. The molecule has 0 aliphatic carbocycles. The normalized spacial score (nSPS) is 13.0. The fraction of sp³-hybridized carbons (Fsp3) is 0.333. The Morgan fingerprint density at radius 1 is 1.52 bits per heavy atom. The van der Waals surface area contributed by atoms with Crippen molar-refractivity contribution in [2.75, 3.05) is 25.0 Å². The number of carbonyl (C=O) groups is 1. The molecule has 0 spiro atoms. The summed E-state index contributed by atoms with van der Waals surface area (Å²) in [6.45, 7) is 1.91. The van der Waals surface area contributed by atoms with Crippen LogP contribution in [-0.2, 0) is 13.5 Å². The number of aromatic nitrogens is 2. The first kappa shape index (κ1) is 13.5. The van der Waals surface area contributed by atoms with Gasteiger partial charge in [-0.3, -0.25) is 9.48 Å². The van der Waals surface area contributed by atoms with Gasteiger partial charge in [0.15, 0.2) is 5.75 Å². The van der Waals surface area contributed by atoms with Crippen LogP contribution in [0.4, 0.5) is 5.69 Å². The Balaban J connectivity index is 1.63. The Hall–Kier alpha value is -2.50. The molecule has 0 fully saturated rings. The third-order valence-electron chi connectivity index (χ3n) is 3.38. The van der Waals surface area contributed by atoms with E-state index in [-0.39, 0.29) is 5.91 Å². The Kier molecular flexibility index (Phi) is 3.77. The van der Waals surface area contributed by atoms with Crippen LogP contribution in [0.5, 0.6) is 5.75 Å². The number of rotatable bonds is 4. The third kappa shape index (κ3) is 2.99. The highest BCUT2D eigenvalue weighted by molar-refractivity contribution is 5.98. The molecule has 6 heteroatoms. The average Bonchev–Trinajstić information content (AvgIpc) is 2.92. The Bertz CT molecular complexity index is 651. The summed E-state index contributed by atoms with van der Waals surface area (Å²) in [5.41, 5.74) is 2.55. The quantitative estimate of drug-likeness (QED) is 0.886. The second kappa shape index (κ2) is 5.87. The smallest absolute Gasteiger partial charge is 0.255 e. The van der Waals surface area contributed by atoms with Gasteiger partial charge in [0, 0.05) is 26.3 Å². The van der Waals surface area contributed by atoms with E-state index < -0.39 is 0 Å². The van der Waals surface area contributed by atoms with Crippen LogP contribution in [0, 0.1) is 0 Å². The molecule has 0 bridgehead atoms. The molecule has 1 aromatic carbocycles. The number of hydrogen-bond acceptors (Lipinski definition) is 4. The van der Waals surface area contributed by atoms with Crippen LogP contribution in [0.15, 0.2) is 30.6 Å². The maximum absolute atomic E-state index is 12.3. The van der Waals surface area contributed by atoms with E-state index in [9.17, 15) is 4.79 Å². The van der Waals surface area contributed by atoms with Crippen LogP contribution >= 0.6 is 0 Å². The first-order valence-electron chi connectivity index (χ1n) is 6.99. The first-order chi connectivity index (χ1) is 10.2. The van der Waals surface area contributed by atoms with Gasteiger partial charge in [-0.15, -0.1) is 0 Å². The van der Waals surface area contributed by atoms with E-state index in [2.05, 4.69) is 15.7 Å². The number of para-hydroxylation sites is 1. The molecule has 2 heterocycles. The molecule has 1 aliphatic heterocycles. The molecule has 2 aromatic rings. The lowest BCUT2D eigenvalue weighted by molar-refractivity contribution is 0.0950. The van der Waals surface area contributed by atoms with Crippen molar-refractivity contribution >= 4 is 11.6 Å². The summed E-state index contributed by atoms with van der Waals surface area (Å²) in [4.78, 5) is 12.3. The van der Waals surface area contributed by atoms with E-state index in [1.807, 2.05) is 31.6 Å². The van der Waals surface area contributed by atoms with Gasteiger partial charge in [-0.2, -0.15) is 5.10 Å². The van der Waals surface area contributed by atoms with Crippen LogP contribution in [0.3, 0.4) is 0 Å². The van der Waals surface area contributed by atoms with Crippen LogP contribution in [-0.4, -0.2) is 35.4 Å². The summed E-state index contributed by atoms with van der Waals surface area (Å²) in [7, 11) is 1.88. The molecule has 3 rings (SSSR count). The van der Waals surface area contributed by atoms with E-state index in [0.29, 0.717) is 24.5 Å². The molecule has 6 nitrogen and oxygen atoms in total. The maximum Gasteiger partial charge on any atom is 0.255 e. The topological polar surface area (TPSA) is 68.2 Å². The summed E-state index contributed by atoms with van der Waals surface area (Å²) in [5.74, 6) is 0.530. The molecule has 0 saturated carbocycles. The number of carbonyl (C=O) groups excluding carboxylic acids is 1. The predicted octanol–water partition coefficient (Wildman–Crippen LogP) is 1.20. The van der Waals surface area contributed by atoms with Crippen molar-refractivity contribution in [2.45, 2.75) is 6.42 Å². The number of anilines is 1. The SMILES string of the molecule is Cn1cc(CCNC(=O)c2cccc3c2OCCN3)cn1. The number of nitrogens with one attached hydrogen (secondary N) is 2. The number of fused-ring (bicyclic) bond motifs is 1. The summed E-state index contributed by atoms with van der Waals surface area (Å²) >= 11 is 0. The zero-order valence-corrected chi connectivity index (χ0v) is 11.9. The standard InChI is InChI=1S/C15H18N4O2/c1-19-10-11(9-18-19)5-6-17-15(20)12-3-2-4-13-14(12)21-8-7-16-13/h2-4,9-10,16H,5-8H2,1H3,(H,17,20). The van der Waals surface area contributed by atoms with Gasteiger partial charge in [0.1, 0.15) is 6.61 Å². The van der Waals surface area contributed by atoms with Gasteiger partial charge < -0.3 is 15.4 Å². The Morgan fingerprint density at radius 3 is 3.24 bits per heavy atom. The predicted molar refractivity (Wildman–Crippen MR) is 79.7 cm³/mol. The second-order valence-corrected chi connectivity index (χ2v) is 4.99. The minimum Gasteiger partial charge on any atom is -0.489 e. The zero-order chi connectivity index (χ0) is 14.7. The minimum atomic E-state index is -0.112. The molecular formula is C15H18N4O2. The molecule has 1 aliphatic rings. The van der Waals surface area contributed by atoms with Crippen molar-refractivity contribution in [1.82, 2.24) is 15.1 Å². The van der Waals surface area contributed by atoms with Crippen molar-refractivity contribution in [1.29, 1.82) is 0 Å². The largest absolute Gasteiger partial charge is 0.489 e. The van der Waals surface area contributed by atoms with Gasteiger partial charge in [0.2, 0.25) is 0 Å². The van der Waals surface area contributed by atoms with E-state index in [0.717, 1.165) is 24.2 Å². The summed E-state index contributed by atoms with van der Waals surface area (Å²) in [6.07, 6.45) is 4.51. The maximum atomic E-state index is 12.3. The van der Waals surface area contributed by atoms with Gasteiger partial charge >= 0.3 is 0 Å². The van der Waals surface area contributed by atoms with Gasteiger partial charge in [-0.25, -0.2) is 0 Å². The van der Waals surface area contributed by atoms with Crippen molar-refractivity contribution in [3.8, 4) is 5.75 Å². The molecule has 0 atom stereocenters. The van der Waals surface area contributed by atoms with Crippen LogP contribution in [0.2, 0.25) is 0 Å². The van der Waals surface area contributed by atoms with Gasteiger partial charge in [-0.05, 0) is 24.1 Å². The molecular weight excluding hydrogens is 268 g/mol. The highest BCUT2D eigenvalue weighted by Crippen LogP contribution is 2.30. The number of benzene rings is 1. The van der Waals surface area contributed by atoms with E-state index in [1.54, 1.807) is 10.7 Å². The Labute approximate surface area is 123 Å². The number of aryl methyl sites for hydroxylation is 1. The van der Waals surface area contributed by atoms with Crippen molar-refractivity contribution < 1.29 is 9.53 Å². The summed E-state index contributed by atoms with van der Waals surface area (Å²) in [5, 5.41) is 10.3. The molecule has 1 amide bonds. The van der Waals surface area contributed by atoms with E-state index in [1.165, 1.54) is 0 Å². The molecule has 0 radical (unpaired) electrons. The molecule has 0 unspecified atom stereocenters. The summed E-state index contributed by atoms with van der Waals surface area (Å²) in [6, 6.07) is 5.56. The lowest BCUT2D eigenvalue weighted by atomic mass is 10.1. The van der Waals surface area contributed by atoms with Crippen LogP contribution in [0.1, 0.15) is 15.9 Å². The van der Waals surface area contributed by atoms with Crippen LogP contribution < -0.4 is 15.4 Å². The second-order valence-electron chi connectivity index (χ2n) is 4.99. The lowest BCUT2D eigenvalue weighted by Gasteiger charge is -2.21. The van der Waals surface area contributed by atoms with Gasteiger partial charge in [0.25, 0.3) is 5.91 Å².